The van der Waals surface area contributed by atoms with Crippen molar-refractivity contribution in [2.75, 3.05) is 14.2 Å². The van der Waals surface area contributed by atoms with Crippen molar-refractivity contribution in [1.29, 1.82) is 0 Å². The van der Waals surface area contributed by atoms with Gasteiger partial charge in [0.2, 0.25) is 0 Å². The van der Waals surface area contributed by atoms with Gasteiger partial charge in [-0.15, -0.1) is 0 Å². The van der Waals surface area contributed by atoms with E-state index in [1.54, 1.807) is 62.8 Å². The lowest BCUT2D eigenvalue weighted by molar-refractivity contribution is -0.117. The van der Waals surface area contributed by atoms with Gasteiger partial charge in [-0.25, -0.2) is 0 Å². The van der Waals surface area contributed by atoms with Crippen molar-refractivity contribution in [3.05, 3.63) is 83.4 Å². The number of carbonyl (C=O) groups is 2. The van der Waals surface area contributed by atoms with E-state index in [4.69, 9.17) is 18.6 Å². The summed E-state index contributed by atoms with van der Waals surface area (Å²) in [6.45, 7) is 4.08. The molecule has 3 aromatic rings. The molecule has 0 radical (unpaired) electrons. The first-order chi connectivity index (χ1) is 16.4. The Kier molecular flexibility index (Phi) is 8.34. The summed E-state index contributed by atoms with van der Waals surface area (Å²) in [5.41, 5.74) is 1.23. The Bertz CT molecular complexity index is 1130. The zero-order valence-corrected chi connectivity index (χ0v) is 19.6. The van der Waals surface area contributed by atoms with Gasteiger partial charge in [0.05, 0.1) is 26.6 Å². The summed E-state index contributed by atoms with van der Waals surface area (Å²) in [5, 5.41) is 5.48. The van der Waals surface area contributed by atoms with Crippen LogP contribution in [-0.4, -0.2) is 32.1 Å². The fourth-order valence-electron chi connectivity index (χ4n) is 3.06. The van der Waals surface area contributed by atoms with Crippen molar-refractivity contribution >= 4 is 17.9 Å². The number of benzene rings is 2. The zero-order chi connectivity index (χ0) is 24.5. The predicted molar refractivity (Wildman–Crippen MR) is 128 cm³/mol. The molecule has 0 aliphatic heterocycles. The van der Waals surface area contributed by atoms with E-state index >= 15 is 0 Å². The van der Waals surface area contributed by atoms with Gasteiger partial charge >= 0.3 is 0 Å². The summed E-state index contributed by atoms with van der Waals surface area (Å²) in [5.74, 6) is 1.34. The maximum atomic E-state index is 13.0. The highest BCUT2D eigenvalue weighted by Gasteiger charge is 2.16. The van der Waals surface area contributed by atoms with Gasteiger partial charge in [-0.2, -0.15) is 0 Å². The van der Waals surface area contributed by atoms with Crippen LogP contribution >= 0.6 is 0 Å². The number of ether oxygens (including phenoxy) is 3. The highest BCUT2D eigenvalue weighted by molar-refractivity contribution is 6.05. The van der Waals surface area contributed by atoms with Crippen LogP contribution in [0, 0.1) is 0 Å². The van der Waals surface area contributed by atoms with Crippen LogP contribution in [0.3, 0.4) is 0 Å². The minimum Gasteiger partial charge on any atom is -0.497 e. The smallest absolute Gasteiger partial charge is 0.268 e. The molecule has 34 heavy (non-hydrogen) atoms. The van der Waals surface area contributed by atoms with Crippen molar-refractivity contribution in [3.8, 4) is 17.2 Å². The molecular formula is C26H28N2O6. The van der Waals surface area contributed by atoms with E-state index in [-0.39, 0.29) is 18.3 Å². The second-order valence-electron chi connectivity index (χ2n) is 7.59. The highest BCUT2D eigenvalue weighted by atomic mass is 16.5. The first-order valence-corrected chi connectivity index (χ1v) is 10.7. The number of hydrogen-bond acceptors (Lipinski definition) is 6. The van der Waals surface area contributed by atoms with E-state index in [0.717, 1.165) is 5.56 Å². The van der Waals surface area contributed by atoms with Gasteiger partial charge < -0.3 is 29.3 Å². The minimum atomic E-state index is -0.472. The number of rotatable bonds is 10. The number of amides is 2. The lowest BCUT2D eigenvalue weighted by atomic mass is 10.2. The van der Waals surface area contributed by atoms with E-state index in [0.29, 0.717) is 28.6 Å². The molecule has 1 aromatic heterocycles. The molecule has 0 saturated heterocycles. The fraction of sp³-hybridized carbons (Fsp3) is 0.231. The van der Waals surface area contributed by atoms with E-state index in [2.05, 4.69) is 10.6 Å². The SMILES string of the molecule is COc1ccc(C(=O)N/C(=C\c2ccco2)C(=O)NCc2ccc(OC(C)C)c(OC)c2)cc1. The topological polar surface area (TPSA) is 99.0 Å². The van der Waals surface area contributed by atoms with Crippen molar-refractivity contribution in [2.45, 2.75) is 26.5 Å². The van der Waals surface area contributed by atoms with E-state index in [1.165, 1.54) is 12.3 Å². The standard InChI is InChI=1S/C26H28N2O6/c1-17(2)34-23-12-7-18(14-24(23)32-4)16-27-26(30)22(15-21-6-5-13-33-21)28-25(29)19-8-10-20(31-3)11-9-19/h5-15,17H,16H2,1-4H3,(H,27,30)(H,28,29)/b22-15-. The van der Waals surface area contributed by atoms with Crippen molar-refractivity contribution in [3.63, 3.8) is 0 Å². The van der Waals surface area contributed by atoms with Crippen LogP contribution < -0.4 is 24.8 Å². The zero-order valence-electron chi connectivity index (χ0n) is 19.6. The maximum absolute atomic E-state index is 13.0. The molecule has 8 heteroatoms. The molecule has 0 unspecified atom stereocenters. The molecule has 8 nitrogen and oxygen atoms in total. The monoisotopic (exact) mass is 464 g/mol. The van der Waals surface area contributed by atoms with Crippen LogP contribution in [0.15, 0.2) is 71.0 Å². The quantitative estimate of drug-likeness (QED) is 0.437. The molecule has 2 N–H and O–H groups in total. The molecule has 0 saturated carbocycles. The Balaban J connectivity index is 1.74. The third-order valence-electron chi connectivity index (χ3n) is 4.72. The second-order valence-corrected chi connectivity index (χ2v) is 7.59. The first-order valence-electron chi connectivity index (χ1n) is 10.7. The average molecular weight is 465 g/mol. The Morgan fingerprint density at radius 2 is 1.76 bits per heavy atom. The minimum absolute atomic E-state index is 0.00284. The molecule has 0 aliphatic rings. The van der Waals surface area contributed by atoms with Gasteiger partial charge in [0, 0.05) is 18.2 Å². The maximum Gasteiger partial charge on any atom is 0.268 e. The molecule has 2 aromatic carbocycles. The molecule has 0 bridgehead atoms. The Hall–Kier alpha value is -4.20. The van der Waals surface area contributed by atoms with E-state index in [1.807, 2.05) is 19.9 Å². The number of furan rings is 1. The van der Waals surface area contributed by atoms with Gasteiger partial charge in [0.15, 0.2) is 11.5 Å². The van der Waals surface area contributed by atoms with Gasteiger partial charge in [0.1, 0.15) is 17.2 Å². The van der Waals surface area contributed by atoms with Crippen LogP contribution in [0.1, 0.15) is 35.5 Å². The molecule has 178 valence electrons. The summed E-state index contributed by atoms with van der Waals surface area (Å²) >= 11 is 0. The summed E-state index contributed by atoms with van der Waals surface area (Å²) < 4.78 is 21.6. The van der Waals surface area contributed by atoms with E-state index < -0.39 is 11.8 Å². The molecule has 1 heterocycles. The van der Waals surface area contributed by atoms with Gasteiger partial charge in [-0.1, -0.05) is 6.07 Å². The van der Waals surface area contributed by atoms with Crippen LogP contribution in [0.4, 0.5) is 0 Å². The number of nitrogens with one attached hydrogen (secondary N) is 2. The first kappa shape index (κ1) is 24.4. The summed E-state index contributed by atoms with van der Waals surface area (Å²) in [6.07, 6.45) is 2.96. The van der Waals surface area contributed by atoms with Gasteiger partial charge in [-0.3, -0.25) is 9.59 Å². The fourth-order valence-corrected chi connectivity index (χ4v) is 3.06. The van der Waals surface area contributed by atoms with Crippen molar-refractivity contribution < 1.29 is 28.2 Å². The third kappa shape index (κ3) is 6.65. The van der Waals surface area contributed by atoms with Crippen LogP contribution in [0.25, 0.3) is 6.08 Å². The summed E-state index contributed by atoms with van der Waals surface area (Å²) in [7, 11) is 3.11. The van der Waals surface area contributed by atoms with Crippen molar-refractivity contribution in [1.82, 2.24) is 10.6 Å². The highest BCUT2D eigenvalue weighted by Crippen LogP contribution is 2.29. The lowest BCUT2D eigenvalue weighted by Gasteiger charge is -2.15. The molecule has 0 atom stereocenters. The second kappa shape index (κ2) is 11.6. The Labute approximate surface area is 198 Å². The van der Waals surface area contributed by atoms with Crippen LogP contribution in [-0.2, 0) is 11.3 Å². The predicted octanol–water partition coefficient (Wildman–Crippen LogP) is 4.17. The molecule has 0 fully saturated rings. The number of hydrogen-bond donors (Lipinski definition) is 2. The van der Waals surface area contributed by atoms with Gasteiger partial charge in [-0.05, 0) is 67.9 Å². The van der Waals surface area contributed by atoms with E-state index in [9.17, 15) is 9.59 Å². The largest absolute Gasteiger partial charge is 0.497 e. The van der Waals surface area contributed by atoms with Gasteiger partial charge in [0.25, 0.3) is 11.8 Å². The molecular weight excluding hydrogens is 436 g/mol. The Morgan fingerprint density at radius 1 is 1.00 bits per heavy atom. The lowest BCUT2D eigenvalue weighted by Crippen LogP contribution is -2.34. The Morgan fingerprint density at radius 3 is 2.38 bits per heavy atom. The number of carbonyl (C=O) groups excluding carboxylic acids is 2. The average Bonchev–Trinajstić information content (AvgIpc) is 3.35. The summed E-state index contributed by atoms with van der Waals surface area (Å²) in [4.78, 5) is 25.7. The van der Waals surface area contributed by atoms with Crippen LogP contribution in [0.2, 0.25) is 0 Å². The molecule has 0 aliphatic carbocycles. The molecule has 3 rings (SSSR count). The third-order valence-corrected chi connectivity index (χ3v) is 4.72. The number of methoxy groups -OCH3 is 2. The summed E-state index contributed by atoms with van der Waals surface area (Å²) in [6, 6.07) is 15.4. The van der Waals surface area contributed by atoms with Crippen molar-refractivity contribution in [2.24, 2.45) is 0 Å². The molecule has 2 amide bonds. The van der Waals surface area contributed by atoms with Crippen LogP contribution in [0.5, 0.6) is 17.2 Å². The molecule has 0 spiro atoms. The normalized spacial score (nSPS) is 11.1.